The first-order valence-electron chi connectivity index (χ1n) is 13.9. The number of halogens is 1. The van der Waals surface area contributed by atoms with Crippen LogP contribution in [0.1, 0.15) is 38.3 Å². The molecule has 216 valence electrons. The second-order valence-electron chi connectivity index (χ2n) is 11.3. The lowest BCUT2D eigenvalue weighted by molar-refractivity contribution is 0.377. The van der Waals surface area contributed by atoms with Crippen LogP contribution in [-0.4, -0.2) is 48.3 Å². The molecule has 0 spiro atoms. The first kappa shape index (κ1) is 28.9. The minimum atomic E-state index is -3.51. The topological polar surface area (TPSA) is 106 Å². The highest BCUT2D eigenvalue weighted by Gasteiger charge is 2.22. The number of nitrogens with one attached hydrogen (secondary N) is 2. The maximum absolute atomic E-state index is 15.0. The summed E-state index contributed by atoms with van der Waals surface area (Å²) in [5, 5.41) is 7.98. The second kappa shape index (κ2) is 12.1. The number of pyridine rings is 1. The van der Waals surface area contributed by atoms with Gasteiger partial charge in [-0.05, 0) is 73.0 Å². The summed E-state index contributed by atoms with van der Waals surface area (Å²) >= 11 is 0. The molecule has 1 saturated heterocycles. The highest BCUT2D eigenvalue weighted by molar-refractivity contribution is 7.90. The van der Waals surface area contributed by atoms with Gasteiger partial charge < -0.3 is 15.4 Å². The molecule has 10 heteroatoms. The molecule has 4 aromatic rings. The van der Waals surface area contributed by atoms with Gasteiger partial charge in [-0.1, -0.05) is 32.9 Å². The molecule has 0 radical (unpaired) electrons. The molecule has 1 aliphatic heterocycles. The van der Waals surface area contributed by atoms with E-state index in [-0.39, 0.29) is 29.0 Å². The van der Waals surface area contributed by atoms with Gasteiger partial charge in [0.05, 0.1) is 22.8 Å². The van der Waals surface area contributed by atoms with E-state index in [1.165, 1.54) is 6.07 Å². The molecular weight excluding hydrogens is 541 g/mol. The fourth-order valence-electron chi connectivity index (χ4n) is 5.38. The first-order valence-corrected chi connectivity index (χ1v) is 15.8. The van der Waals surface area contributed by atoms with Crippen molar-refractivity contribution in [3.63, 3.8) is 0 Å². The van der Waals surface area contributed by atoms with Crippen LogP contribution in [0.4, 0.5) is 10.3 Å². The van der Waals surface area contributed by atoms with Crippen LogP contribution in [0.25, 0.3) is 22.0 Å². The van der Waals surface area contributed by atoms with Crippen molar-refractivity contribution in [3.05, 3.63) is 71.8 Å². The van der Waals surface area contributed by atoms with Crippen molar-refractivity contribution in [3.8, 4) is 22.9 Å². The van der Waals surface area contributed by atoms with Gasteiger partial charge in [-0.25, -0.2) is 27.8 Å². The minimum Gasteiger partial charge on any atom is -0.437 e. The molecule has 5 rings (SSSR count). The predicted octanol–water partition coefficient (Wildman–Crippen LogP) is 5.91. The molecular formula is C31H36FN5O3S. The number of hydrogen-bond donors (Lipinski definition) is 2. The average Bonchev–Trinajstić information content (AvgIpc) is 2.91. The molecule has 2 aromatic heterocycles. The molecule has 0 bridgehead atoms. The smallest absolute Gasteiger partial charge is 0.228 e. The van der Waals surface area contributed by atoms with Gasteiger partial charge in [0.1, 0.15) is 11.6 Å². The number of aromatic nitrogens is 3. The van der Waals surface area contributed by atoms with Crippen LogP contribution in [0, 0.1) is 24.6 Å². The summed E-state index contributed by atoms with van der Waals surface area (Å²) in [5.74, 6) is 0.917. The van der Waals surface area contributed by atoms with Crippen molar-refractivity contribution in [2.45, 2.75) is 45.9 Å². The van der Waals surface area contributed by atoms with E-state index >= 15 is 4.39 Å². The summed E-state index contributed by atoms with van der Waals surface area (Å²) in [4.78, 5) is 13.7. The van der Waals surface area contributed by atoms with Gasteiger partial charge in [0, 0.05) is 35.9 Å². The maximum atomic E-state index is 15.0. The number of rotatable bonds is 9. The van der Waals surface area contributed by atoms with Gasteiger partial charge in [-0.3, -0.25) is 0 Å². The average molecular weight is 578 g/mol. The third-order valence-corrected chi connectivity index (χ3v) is 9.06. The highest BCUT2D eigenvalue weighted by atomic mass is 32.2. The zero-order valence-electron chi connectivity index (χ0n) is 23.8. The SMILES string of the molecule is Cc1ccc2c(CS(=O)(=O)CC(C)C)c(F)ccc2c1Oc1ncccc1-c1ccnc(N[C@@H]2CNC[C@@H](C)C2)n1. The van der Waals surface area contributed by atoms with Crippen molar-refractivity contribution in [1.29, 1.82) is 0 Å². The van der Waals surface area contributed by atoms with Crippen LogP contribution < -0.4 is 15.4 Å². The minimum absolute atomic E-state index is 0.0125. The van der Waals surface area contributed by atoms with Gasteiger partial charge in [0.2, 0.25) is 11.8 Å². The molecule has 2 aromatic carbocycles. The Morgan fingerprint density at radius 2 is 1.88 bits per heavy atom. The van der Waals surface area contributed by atoms with Crippen molar-refractivity contribution < 1.29 is 17.5 Å². The van der Waals surface area contributed by atoms with E-state index in [0.717, 1.165) is 25.1 Å². The van der Waals surface area contributed by atoms with E-state index in [1.807, 2.05) is 39.0 Å². The third kappa shape index (κ3) is 6.82. The number of anilines is 1. The van der Waals surface area contributed by atoms with Gasteiger partial charge in [0.15, 0.2) is 9.84 Å². The van der Waals surface area contributed by atoms with Gasteiger partial charge in [0.25, 0.3) is 0 Å². The van der Waals surface area contributed by atoms with E-state index < -0.39 is 15.7 Å². The highest BCUT2D eigenvalue weighted by Crippen LogP contribution is 2.38. The molecule has 0 aliphatic carbocycles. The molecule has 8 nitrogen and oxygen atoms in total. The Morgan fingerprint density at radius 3 is 2.66 bits per heavy atom. The quantitative estimate of drug-likeness (QED) is 0.253. The fourth-order valence-corrected chi connectivity index (χ4v) is 7.25. The Kier molecular flexibility index (Phi) is 8.51. The van der Waals surface area contributed by atoms with Crippen molar-refractivity contribution >= 4 is 26.6 Å². The molecule has 2 N–H and O–H groups in total. The summed E-state index contributed by atoms with van der Waals surface area (Å²) in [6.07, 6.45) is 4.37. The molecule has 2 atom stereocenters. The number of hydrogen-bond acceptors (Lipinski definition) is 8. The fraction of sp³-hybridized carbons (Fsp3) is 0.387. The summed E-state index contributed by atoms with van der Waals surface area (Å²) < 4.78 is 47.0. The Labute approximate surface area is 240 Å². The number of fused-ring (bicyclic) bond motifs is 1. The van der Waals surface area contributed by atoms with E-state index in [0.29, 0.717) is 45.5 Å². The number of piperidine rings is 1. The molecule has 1 fully saturated rings. The van der Waals surface area contributed by atoms with Crippen molar-refractivity contribution in [2.75, 3.05) is 24.2 Å². The largest absolute Gasteiger partial charge is 0.437 e. The Morgan fingerprint density at radius 1 is 1.07 bits per heavy atom. The molecule has 1 aliphatic rings. The number of ether oxygens (including phenoxy) is 1. The molecule has 41 heavy (non-hydrogen) atoms. The van der Waals surface area contributed by atoms with Gasteiger partial charge in [-0.2, -0.15) is 0 Å². The normalized spacial score (nSPS) is 17.6. The van der Waals surface area contributed by atoms with Crippen LogP contribution in [0.15, 0.2) is 54.9 Å². The van der Waals surface area contributed by atoms with E-state index in [2.05, 4.69) is 27.5 Å². The summed E-state index contributed by atoms with van der Waals surface area (Å²) in [6.45, 7) is 9.63. The summed E-state index contributed by atoms with van der Waals surface area (Å²) in [6, 6.07) is 12.2. The zero-order chi connectivity index (χ0) is 29.1. The van der Waals surface area contributed by atoms with Crippen LogP contribution in [0.3, 0.4) is 0 Å². The second-order valence-corrected chi connectivity index (χ2v) is 13.5. The lowest BCUT2D eigenvalue weighted by Gasteiger charge is -2.28. The van der Waals surface area contributed by atoms with Crippen LogP contribution in [0.5, 0.6) is 11.6 Å². The van der Waals surface area contributed by atoms with E-state index in [1.54, 1.807) is 30.6 Å². The van der Waals surface area contributed by atoms with Crippen LogP contribution in [-0.2, 0) is 15.6 Å². The summed E-state index contributed by atoms with van der Waals surface area (Å²) in [5.41, 5.74) is 2.27. The number of benzene rings is 2. The lowest BCUT2D eigenvalue weighted by Crippen LogP contribution is -2.42. The van der Waals surface area contributed by atoms with Gasteiger partial charge >= 0.3 is 0 Å². The molecule has 3 heterocycles. The third-order valence-electron chi connectivity index (χ3n) is 7.16. The van der Waals surface area contributed by atoms with E-state index in [9.17, 15) is 8.42 Å². The standard InChI is InChI=1S/C31H36FN5O3S/c1-19(2)17-41(38,39)18-26-23-8-7-21(4)29(24(23)9-10-27(26)32)40-30-25(6-5-12-34-30)28-11-13-35-31(37-28)36-22-14-20(3)15-33-16-22/h5-13,19-20,22,33H,14-18H2,1-4H3,(H,35,36,37)/t20-,22-/m0/s1. The van der Waals surface area contributed by atoms with E-state index in [4.69, 9.17) is 9.72 Å². The zero-order valence-corrected chi connectivity index (χ0v) is 24.6. The Hall–Kier alpha value is -3.63. The van der Waals surface area contributed by atoms with Crippen molar-refractivity contribution in [2.24, 2.45) is 11.8 Å². The molecule has 0 amide bonds. The number of nitrogens with zero attached hydrogens (tertiary/aromatic N) is 3. The van der Waals surface area contributed by atoms with Crippen LogP contribution in [0.2, 0.25) is 0 Å². The first-order chi connectivity index (χ1) is 19.6. The summed E-state index contributed by atoms with van der Waals surface area (Å²) in [7, 11) is -3.51. The predicted molar refractivity (Wildman–Crippen MR) is 160 cm³/mol. The number of sulfone groups is 1. The molecule has 0 saturated carbocycles. The maximum Gasteiger partial charge on any atom is 0.228 e. The van der Waals surface area contributed by atoms with Gasteiger partial charge in [-0.15, -0.1) is 0 Å². The lowest BCUT2D eigenvalue weighted by atomic mass is 9.98. The van der Waals surface area contributed by atoms with Crippen LogP contribution >= 0.6 is 0 Å². The molecule has 0 unspecified atom stereocenters. The van der Waals surface area contributed by atoms with Crippen molar-refractivity contribution in [1.82, 2.24) is 20.3 Å². The Bertz CT molecular complexity index is 1660. The Balaban J connectivity index is 1.49. The number of aryl methyl sites for hydroxylation is 1. The monoisotopic (exact) mass is 577 g/mol.